The predicted molar refractivity (Wildman–Crippen MR) is 92.1 cm³/mol. The van der Waals surface area contributed by atoms with Crippen LogP contribution in [-0.4, -0.2) is 30.0 Å². The van der Waals surface area contributed by atoms with E-state index in [0.29, 0.717) is 31.2 Å². The number of amides is 1. The summed E-state index contributed by atoms with van der Waals surface area (Å²) in [4.78, 5) is 14.2. The highest BCUT2D eigenvalue weighted by atomic mass is 16.5. The maximum atomic E-state index is 12.4. The van der Waals surface area contributed by atoms with Gasteiger partial charge in [0.15, 0.2) is 5.76 Å². The predicted octanol–water partition coefficient (Wildman–Crippen LogP) is 3.04. The number of furan rings is 1. The van der Waals surface area contributed by atoms with Gasteiger partial charge in [-0.05, 0) is 49.2 Å². The first-order chi connectivity index (χ1) is 11.6. The maximum Gasteiger partial charge on any atom is 0.289 e. The summed E-state index contributed by atoms with van der Waals surface area (Å²) in [5, 5.41) is 0. The van der Waals surface area contributed by atoms with E-state index < -0.39 is 0 Å². The lowest BCUT2D eigenvalue weighted by Crippen LogP contribution is -2.41. The zero-order valence-electron chi connectivity index (χ0n) is 14.2. The SMILES string of the molecule is Cc1ccc(OC2CCN(C(=O)c3ccc(CN)o3)CC2)cc1C. The average molecular weight is 328 g/mol. The van der Waals surface area contributed by atoms with Crippen molar-refractivity contribution in [3.63, 3.8) is 0 Å². The van der Waals surface area contributed by atoms with Gasteiger partial charge in [-0.15, -0.1) is 0 Å². The van der Waals surface area contributed by atoms with Crippen LogP contribution < -0.4 is 10.5 Å². The van der Waals surface area contributed by atoms with E-state index in [9.17, 15) is 4.79 Å². The summed E-state index contributed by atoms with van der Waals surface area (Å²) in [5.41, 5.74) is 8.01. The van der Waals surface area contributed by atoms with Gasteiger partial charge in [-0.3, -0.25) is 4.79 Å². The van der Waals surface area contributed by atoms with Crippen LogP contribution in [0.25, 0.3) is 0 Å². The molecule has 5 heteroatoms. The largest absolute Gasteiger partial charge is 0.490 e. The van der Waals surface area contributed by atoms with Gasteiger partial charge in [0.05, 0.1) is 6.54 Å². The molecule has 2 heterocycles. The number of likely N-dealkylation sites (tertiary alicyclic amines) is 1. The molecule has 0 atom stereocenters. The van der Waals surface area contributed by atoms with Crippen LogP contribution >= 0.6 is 0 Å². The number of nitrogens with two attached hydrogens (primary N) is 1. The Labute approximate surface area is 142 Å². The highest BCUT2D eigenvalue weighted by molar-refractivity contribution is 5.91. The Morgan fingerprint density at radius 2 is 1.96 bits per heavy atom. The molecule has 2 aromatic rings. The molecule has 2 N–H and O–H groups in total. The molecule has 0 unspecified atom stereocenters. The summed E-state index contributed by atoms with van der Waals surface area (Å²) in [6.07, 6.45) is 1.79. The molecule has 0 spiro atoms. The molecule has 1 amide bonds. The monoisotopic (exact) mass is 328 g/mol. The van der Waals surface area contributed by atoms with Gasteiger partial charge in [-0.2, -0.15) is 0 Å². The second-order valence-corrected chi connectivity index (χ2v) is 6.33. The molecule has 1 aliphatic heterocycles. The fourth-order valence-electron chi connectivity index (χ4n) is 2.91. The van der Waals surface area contributed by atoms with E-state index in [0.717, 1.165) is 18.6 Å². The smallest absolute Gasteiger partial charge is 0.289 e. The van der Waals surface area contributed by atoms with Crippen molar-refractivity contribution in [1.82, 2.24) is 4.90 Å². The summed E-state index contributed by atoms with van der Waals surface area (Å²) < 4.78 is 11.5. The minimum Gasteiger partial charge on any atom is -0.490 e. The summed E-state index contributed by atoms with van der Waals surface area (Å²) in [6, 6.07) is 9.61. The Morgan fingerprint density at radius 3 is 2.58 bits per heavy atom. The van der Waals surface area contributed by atoms with Crippen LogP contribution in [0, 0.1) is 13.8 Å². The van der Waals surface area contributed by atoms with Crippen LogP contribution in [0.15, 0.2) is 34.7 Å². The second-order valence-electron chi connectivity index (χ2n) is 6.33. The lowest BCUT2D eigenvalue weighted by Gasteiger charge is -2.31. The summed E-state index contributed by atoms with van der Waals surface area (Å²) in [5.74, 6) is 1.83. The topological polar surface area (TPSA) is 68.7 Å². The van der Waals surface area contributed by atoms with Crippen molar-refractivity contribution in [1.29, 1.82) is 0 Å². The molecule has 1 aromatic heterocycles. The molecular weight excluding hydrogens is 304 g/mol. The van der Waals surface area contributed by atoms with Crippen molar-refractivity contribution in [3.8, 4) is 5.75 Å². The average Bonchev–Trinajstić information content (AvgIpc) is 3.07. The molecule has 0 bridgehead atoms. The summed E-state index contributed by atoms with van der Waals surface area (Å²) >= 11 is 0. The van der Waals surface area contributed by atoms with Crippen molar-refractivity contribution in [2.24, 2.45) is 5.73 Å². The van der Waals surface area contributed by atoms with E-state index in [1.54, 1.807) is 12.1 Å². The molecule has 3 rings (SSSR count). The normalized spacial score (nSPS) is 15.5. The number of ether oxygens (including phenoxy) is 1. The minimum atomic E-state index is -0.0701. The number of hydrogen-bond acceptors (Lipinski definition) is 4. The zero-order chi connectivity index (χ0) is 17.1. The molecule has 0 radical (unpaired) electrons. The van der Waals surface area contributed by atoms with Gasteiger partial charge >= 0.3 is 0 Å². The molecule has 0 aliphatic carbocycles. The molecule has 5 nitrogen and oxygen atoms in total. The Hall–Kier alpha value is -2.27. The second kappa shape index (κ2) is 7.09. The first kappa shape index (κ1) is 16.6. The molecule has 0 saturated carbocycles. The molecule has 1 fully saturated rings. The Balaban J connectivity index is 1.55. The minimum absolute atomic E-state index is 0.0701. The molecule has 128 valence electrons. The van der Waals surface area contributed by atoms with Gasteiger partial charge in [0.25, 0.3) is 5.91 Å². The molecule has 1 aromatic carbocycles. The standard InChI is InChI=1S/C19H24N2O3/c1-13-3-4-16(11-14(13)2)23-15-7-9-21(10-8-15)19(22)18-6-5-17(12-20)24-18/h3-6,11,15H,7-10,12,20H2,1-2H3. The van der Waals surface area contributed by atoms with Gasteiger partial charge in [-0.1, -0.05) is 6.07 Å². The van der Waals surface area contributed by atoms with Crippen LogP contribution in [0.1, 0.15) is 40.3 Å². The quantitative estimate of drug-likeness (QED) is 0.936. The number of piperidine rings is 1. The Kier molecular flexibility index (Phi) is 4.90. The van der Waals surface area contributed by atoms with Crippen molar-refractivity contribution in [2.45, 2.75) is 39.3 Å². The van der Waals surface area contributed by atoms with Crippen molar-refractivity contribution in [3.05, 3.63) is 53.0 Å². The first-order valence-electron chi connectivity index (χ1n) is 8.39. The third-order valence-corrected chi connectivity index (χ3v) is 4.58. The van der Waals surface area contributed by atoms with E-state index in [-0.39, 0.29) is 12.0 Å². The lowest BCUT2D eigenvalue weighted by atomic mass is 10.1. The van der Waals surface area contributed by atoms with Crippen LogP contribution in [-0.2, 0) is 6.54 Å². The lowest BCUT2D eigenvalue weighted by molar-refractivity contribution is 0.0565. The summed E-state index contributed by atoms with van der Waals surface area (Å²) in [7, 11) is 0. The summed E-state index contributed by atoms with van der Waals surface area (Å²) in [6.45, 7) is 5.83. The number of benzene rings is 1. The van der Waals surface area contributed by atoms with E-state index in [1.165, 1.54) is 11.1 Å². The number of rotatable bonds is 4. The van der Waals surface area contributed by atoms with E-state index >= 15 is 0 Å². The maximum absolute atomic E-state index is 12.4. The molecular formula is C19H24N2O3. The zero-order valence-corrected chi connectivity index (χ0v) is 14.2. The van der Waals surface area contributed by atoms with Crippen molar-refractivity contribution >= 4 is 5.91 Å². The third kappa shape index (κ3) is 3.62. The van der Waals surface area contributed by atoms with E-state index in [4.69, 9.17) is 14.9 Å². The van der Waals surface area contributed by atoms with Gasteiger partial charge in [-0.25, -0.2) is 0 Å². The Morgan fingerprint density at radius 1 is 1.21 bits per heavy atom. The molecule has 24 heavy (non-hydrogen) atoms. The first-order valence-corrected chi connectivity index (χ1v) is 8.39. The number of hydrogen-bond donors (Lipinski definition) is 1. The van der Waals surface area contributed by atoms with Crippen LogP contribution in [0.4, 0.5) is 0 Å². The number of carbonyl (C=O) groups excluding carboxylic acids is 1. The van der Waals surface area contributed by atoms with Crippen molar-refractivity contribution < 1.29 is 13.9 Å². The number of aryl methyl sites for hydroxylation is 2. The number of nitrogens with zero attached hydrogens (tertiary/aromatic N) is 1. The van der Waals surface area contributed by atoms with Gasteiger partial charge in [0.2, 0.25) is 0 Å². The van der Waals surface area contributed by atoms with Gasteiger partial charge in [0.1, 0.15) is 17.6 Å². The fraction of sp³-hybridized carbons (Fsp3) is 0.421. The van der Waals surface area contributed by atoms with Gasteiger partial charge in [0, 0.05) is 25.9 Å². The van der Waals surface area contributed by atoms with E-state index in [1.807, 2.05) is 11.0 Å². The van der Waals surface area contributed by atoms with Crippen molar-refractivity contribution in [2.75, 3.05) is 13.1 Å². The van der Waals surface area contributed by atoms with Crippen LogP contribution in [0.2, 0.25) is 0 Å². The highest BCUT2D eigenvalue weighted by Crippen LogP contribution is 2.22. The molecule has 1 aliphatic rings. The fourth-order valence-corrected chi connectivity index (χ4v) is 2.91. The van der Waals surface area contributed by atoms with Crippen LogP contribution in [0.3, 0.4) is 0 Å². The Bertz CT molecular complexity index is 715. The third-order valence-electron chi connectivity index (χ3n) is 4.58. The van der Waals surface area contributed by atoms with E-state index in [2.05, 4.69) is 26.0 Å². The highest BCUT2D eigenvalue weighted by Gasteiger charge is 2.26. The van der Waals surface area contributed by atoms with Gasteiger partial charge < -0.3 is 19.8 Å². The number of carbonyl (C=O) groups is 1. The van der Waals surface area contributed by atoms with Crippen LogP contribution in [0.5, 0.6) is 5.75 Å². The molecule has 1 saturated heterocycles.